The van der Waals surface area contributed by atoms with Crippen LogP contribution in [-0.4, -0.2) is 25.0 Å². The predicted octanol–water partition coefficient (Wildman–Crippen LogP) is 4.77. The number of benzene rings is 3. The first-order valence-electron chi connectivity index (χ1n) is 9.12. The van der Waals surface area contributed by atoms with E-state index in [1.807, 2.05) is 50.2 Å². The van der Waals surface area contributed by atoms with Crippen molar-refractivity contribution in [3.05, 3.63) is 101 Å². The third kappa shape index (κ3) is 4.65. The second-order valence-electron chi connectivity index (χ2n) is 6.49. The maximum atomic E-state index is 12.8. The van der Waals surface area contributed by atoms with E-state index in [9.17, 15) is 9.59 Å². The van der Waals surface area contributed by atoms with E-state index in [1.165, 1.54) is 0 Å². The molecule has 3 aromatic rings. The summed E-state index contributed by atoms with van der Waals surface area (Å²) < 4.78 is 11.0. The molecule has 3 rings (SSSR count). The fourth-order valence-electron chi connectivity index (χ4n) is 2.80. The van der Waals surface area contributed by atoms with Gasteiger partial charge in [-0.25, -0.2) is 4.79 Å². The van der Waals surface area contributed by atoms with E-state index in [2.05, 4.69) is 0 Å². The molecule has 0 saturated heterocycles. The lowest BCUT2D eigenvalue weighted by Crippen LogP contribution is -2.16. The first-order chi connectivity index (χ1) is 13.6. The first kappa shape index (κ1) is 19.4. The van der Waals surface area contributed by atoms with Crippen molar-refractivity contribution in [1.29, 1.82) is 0 Å². The Labute approximate surface area is 164 Å². The monoisotopic (exact) mass is 374 g/mol. The third-order valence-corrected chi connectivity index (χ3v) is 4.37. The number of carbonyl (C=O) groups is 2. The molecular formula is C24H22O4. The van der Waals surface area contributed by atoms with Gasteiger partial charge in [-0.2, -0.15) is 0 Å². The van der Waals surface area contributed by atoms with Crippen molar-refractivity contribution in [2.24, 2.45) is 0 Å². The number of hydrogen-bond donors (Lipinski definition) is 0. The van der Waals surface area contributed by atoms with Gasteiger partial charge >= 0.3 is 5.97 Å². The summed E-state index contributed by atoms with van der Waals surface area (Å²) in [7, 11) is 0. The second-order valence-corrected chi connectivity index (χ2v) is 6.49. The minimum Gasteiger partial charge on any atom is -0.490 e. The summed E-state index contributed by atoms with van der Waals surface area (Å²) in [5, 5.41) is 0. The third-order valence-electron chi connectivity index (χ3n) is 4.37. The van der Waals surface area contributed by atoms with E-state index in [1.54, 1.807) is 36.4 Å². The Hall–Kier alpha value is -3.40. The fraction of sp³-hybridized carbons (Fsp3) is 0.167. The molecule has 0 N–H and O–H groups in total. The van der Waals surface area contributed by atoms with Gasteiger partial charge in [-0.15, -0.1) is 0 Å². The molecule has 0 amide bonds. The molecule has 0 fully saturated rings. The number of para-hydroxylation sites is 1. The van der Waals surface area contributed by atoms with Crippen LogP contribution in [0, 0.1) is 13.8 Å². The molecule has 0 aliphatic carbocycles. The van der Waals surface area contributed by atoms with Gasteiger partial charge in [-0.3, -0.25) is 4.79 Å². The van der Waals surface area contributed by atoms with Gasteiger partial charge in [0.15, 0.2) is 5.78 Å². The molecule has 0 aliphatic rings. The number of ether oxygens (including phenoxy) is 2. The van der Waals surface area contributed by atoms with Crippen LogP contribution < -0.4 is 4.74 Å². The molecule has 4 nitrogen and oxygen atoms in total. The summed E-state index contributed by atoms with van der Waals surface area (Å²) in [5.74, 6) is 0.0154. The molecule has 142 valence electrons. The van der Waals surface area contributed by atoms with Crippen molar-refractivity contribution >= 4 is 11.8 Å². The molecule has 0 saturated carbocycles. The summed E-state index contributed by atoms with van der Waals surface area (Å²) in [5.41, 5.74) is 3.20. The van der Waals surface area contributed by atoms with Crippen LogP contribution in [-0.2, 0) is 4.74 Å². The lowest BCUT2D eigenvalue weighted by molar-refractivity contribution is 0.0448. The maximum absolute atomic E-state index is 12.8. The van der Waals surface area contributed by atoms with Gasteiger partial charge in [0.05, 0.1) is 5.56 Å². The Morgan fingerprint density at radius 3 is 2.11 bits per heavy atom. The minimum absolute atomic E-state index is 0.0974. The van der Waals surface area contributed by atoms with Crippen LogP contribution in [0.2, 0.25) is 0 Å². The Balaban J connectivity index is 1.65. The van der Waals surface area contributed by atoms with Crippen LogP contribution in [0.5, 0.6) is 5.75 Å². The second kappa shape index (κ2) is 9.00. The highest BCUT2D eigenvalue weighted by molar-refractivity contribution is 6.14. The lowest BCUT2D eigenvalue weighted by atomic mass is 9.98. The van der Waals surface area contributed by atoms with E-state index in [4.69, 9.17) is 9.47 Å². The highest BCUT2D eigenvalue weighted by Gasteiger charge is 2.19. The molecule has 0 heterocycles. The van der Waals surface area contributed by atoms with Crippen molar-refractivity contribution < 1.29 is 19.1 Å². The zero-order chi connectivity index (χ0) is 19.9. The van der Waals surface area contributed by atoms with Crippen molar-refractivity contribution in [2.45, 2.75) is 13.8 Å². The van der Waals surface area contributed by atoms with Crippen molar-refractivity contribution in [1.82, 2.24) is 0 Å². The molecular weight excluding hydrogens is 352 g/mol. The maximum Gasteiger partial charge on any atom is 0.339 e. The molecule has 0 spiro atoms. The molecule has 0 radical (unpaired) electrons. The number of carbonyl (C=O) groups excluding carboxylic acids is 2. The molecule has 0 aromatic heterocycles. The molecule has 4 heteroatoms. The van der Waals surface area contributed by atoms with Gasteiger partial charge in [-0.05, 0) is 31.5 Å². The number of esters is 1. The zero-order valence-corrected chi connectivity index (χ0v) is 16.0. The minimum atomic E-state index is -0.538. The van der Waals surface area contributed by atoms with Gasteiger partial charge < -0.3 is 9.47 Å². The van der Waals surface area contributed by atoms with E-state index >= 15 is 0 Å². The number of aryl methyl sites for hydroxylation is 2. The average Bonchev–Trinajstić information content (AvgIpc) is 2.72. The Morgan fingerprint density at radius 1 is 0.750 bits per heavy atom. The summed E-state index contributed by atoms with van der Waals surface area (Å²) in [6.45, 7) is 4.25. The highest BCUT2D eigenvalue weighted by atomic mass is 16.6. The zero-order valence-electron chi connectivity index (χ0n) is 16.0. The van der Waals surface area contributed by atoms with Gasteiger partial charge in [0.25, 0.3) is 0 Å². The van der Waals surface area contributed by atoms with Crippen molar-refractivity contribution in [2.75, 3.05) is 13.2 Å². The van der Waals surface area contributed by atoms with Crippen LogP contribution in [0.4, 0.5) is 0 Å². The van der Waals surface area contributed by atoms with E-state index < -0.39 is 5.97 Å². The normalized spacial score (nSPS) is 10.4. The van der Waals surface area contributed by atoms with Crippen molar-refractivity contribution in [3.8, 4) is 5.75 Å². The Kier molecular flexibility index (Phi) is 6.22. The van der Waals surface area contributed by atoms with E-state index in [-0.39, 0.29) is 24.6 Å². The van der Waals surface area contributed by atoms with Gasteiger partial charge in [0, 0.05) is 11.1 Å². The van der Waals surface area contributed by atoms with Crippen LogP contribution in [0.1, 0.15) is 37.4 Å². The largest absolute Gasteiger partial charge is 0.490 e. The molecule has 0 aliphatic heterocycles. The van der Waals surface area contributed by atoms with Crippen LogP contribution in [0.15, 0.2) is 72.8 Å². The topological polar surface area (TPSA) is 52.6 Å². The Morgan fingerprint density at radius 2 is 1.39 bits per heavy atom. The van der Waals surface area contributed by atoms with E-state index in [0.717, 1.165) is 16.9 Å². The summed E-state index contributed by atoms with van der Waals surface area (Å²) in [6.07, 6.45) is 0. The molecule has 3 aromatic carbocycles. The number of rotatable bonds is 7. The predicted molar refractivity (Wildman–Crippen MR) is 108 cm³/mol. The standard InChI is InChI=1S/C24H22O4/c1-17-11-13-19(14-12-17)23(25)20-8-4-5-9-21(20)24(26)28-16-15-27-22-10-6-3-7-18(22)2/h3-14H,15-16H2,1-2H3. The Bertz CT molecular complexity index is 974. The molecule has 28 heavy (non-hydrogen) atoms. The summed E-state index contributed by atoms with van der Waals surface area (Å²) >= 11 is 0. The smallest absolute Gasteiger partial charge is 0.339 e. The fourth-order valence-corrected chi connectivity index (χ4v) is 2.80. The van der Waals surface area contributed by atoms with Gasteiger partial charge in [0.1, 0.15) is 19.0 Å². The molecule has 0 bridgehead atoms. The molecule has 0 unspecified atom stereocenters. The first-order valence-corrected chi connectivity index (χ1v) is 9.12. The van der Waals surface area contributed by atoms with Crippen LogP contribution in [0.25, 0.3) is 0 Å². The lowest BCUT2D eigenvalue weighted by Gasteiger charge is -2.11. The van der Waals surface area contributed by atoms with Gasteiger partial charge in [-0.1, -0.05) is 66.2 Å². The van der Waals surface area contributed by atoms with Crippen LogP contribution in [0.3, 0.4) is 0 Å². The molecule has 0 atom stereocenters. The number of hydrogen-bond acceptors (Lipinski definition) is 4. The van der Waals surface area contributed by atoms with Crippen LogP contribution >= 0.6 is 0 Å². The number of ketones is 1. The summed E-state index contributed by atoms with van der Waals surface area (Å²) in [4.78, 5) is 25.3. The average molecular weight is 374 g/mol. The van der Waals surface area contributed by atoms with Crippen molar-refractivity contribution in [3.63, 3.8) is 0 Å². The SMILES string of the molecule is Cc1ccc(C(=O)c2ccccc2C(=O)OCCOc2ccccc2C)cc1. The van der Waals surface area contributed by atoms with E-state index in [0.29, 0.717) is 11.1 Å². The quantitative estimate of drug-likeness (QED) is 0.340. The summed E-state index contributed by atoms with van der Waals surface area (Å²) in [6, 6.07) is 21.6. The van der Waals surface area contributed by atoms with Gasteiger partial charge in [0.2, 0.25) is 0 Å². The highest BCUT2D eigenvalue weighted by Crippen LogP contribution is 2.18.